The van der Waals surface area contributed by atoms with Gasteiger partial charge < -0.3 is 16.4 Å². The molecule has 4 N–H and O–H groups in total. The van der Waals surface area contributed by atoms with Crippen LogP contribution in [0.4, 0.5) is 0 Å². The zero-order valence-corrected chi connectivity index (χ0v) is 13.9. The minimum Gasteiger partial charge on any atom is -0.347 e. The summed E-state index contributed by atoms with van der Waals surface area (Å²) in [4.78, 5) is 24.8. The van der Waals surface area contributed by atoms with Gasteiger partial charge in [-0.1, -0.05) is 33.8 Å². The highest BCUT2D eigenvalue weighted by Crippen LogP contribution is 2.25. The highest BCUT2D eigenvalue weighted by atomic mass is 32.1. The van der Waals surface area contributed by atoms with E-state index in [-0.39, 0.29) is 36.2 Å². The van der Waals surface area contributed by atoms with E-state index in [2.05, 4.69) is 24.5 Å². The highest BCUT2D eigenvalue weighted by Gasteiger charge is 2.21. The fourth-order valence-electron chi connectivity index (χ4n) is 1.85. The van der Waals surface area contributed by atoms with Crippen molar-refractivity contribution in [2.24, 2.45) is 17.6 Å². The lowest BCUT2D eigenvalue weighted by Gasteiger charge is -2.22. The van der Waals surface area contributed by atoms with Gasteiger partial charge >= 0.3 is 0 Å². The number of carbonyl (C=O) groups is 2. The van der Waals surface area contributed by atoms with Crippen LogP contribution in [0.2, 0.25) is 0 Å². The number of amides is 2. The largest absolute Gasteiger partial charge is 0.347 e. The molecule has 1 aromatic rings. The van der Waals surface area contributed by atoms with Crippen molar-refractivity contribution < 1.29 is 9.59 Å². The Hall–Kier alpha value is -1.40. The van der Waals surface area contributed by atoms with Gasteiger partial charge in [0, 0.05) is 4.88 Å². The van der Waals surface area contributed by atoms with Crippen LogP contribution in [0.5, 0.6) is 0 Å². The van der Waals surface area contributed by atoms with Crippen molar-refractivity contribution in [1.29, 1.82) is 0 Å². The Morgan fingerprint density at radius 3 is 2.38 bits per heavy atom. The monoisotopic (exact) mass is 311 g/mol. The van der Waals surface area contributed by atoms with Crippen molar-refractivity contribution in [1.82, 2.24) is 10.6 Å². The maximum atomic E-state index is 12.0. The van der Waals surface area contributed by atoms with Crippen molar-refractivity contribution in [3.05, 3.63) is 22.4 Å². The topological polar surface area (TPSA) is 84.2 Å². The Kier molecular flexibility index (Phi) is 6.84. The number of nitrogens with two attached hydrogens (primary N) is 1. The molecule has 2 amide bonds. The van der Waals surface area contributed by atoms with Gasteiger partial charge in [0.25, 0.3) is 0 Å². The highest BCUT2D eigenvalue weighted by molar-refractivity contribution is 7.10. The molecule has 1 aromatic heterocycles. The first-order valence-corrected chi connectivity index (χ1v) is 8.07. The third-order valence-corrected chi connectivity index (χ3v) is 4.23. The average Bonchev–Trinajstić information content (AvgIpc) is 2.94. The molecule has 0 aliphatic rings. The number of thiophene rings is 1. The number of hydrogen-bond donors (Lipinski definition) is 3. The maximum Gasteiger partial charge on any atom is 0.239 e. The van der Waals surface area contributed by atoms with Crippen molar-refractivity contribution in [3.8, 4) is 0 Å². The normalized spacial score (nSPS) is 14.0. The average molecular weight is 311 g/mol. The van der Waals surface area contributed by atoms with Crippen LogP contribution in [0, 0.1) is 11.8 Å². The molecule has 118 valence electrons. The smallest absolute Gasteiger partial charge is 0.239 e. The molecule has 1 heterocycles. The van der Waals surface area contributed by atoms with Gasteiger partial charge in [0.2, 0.25) is 11.8 Å². The summed E-state index contributed by atoms with van der Waals surface area (Å²) in [6.45, 7) is 7.80. The summed E-state index contributed by atoms with van der Waals surface area (Å²) in [5.41, 5.74) is 5.73. The van der Waals surface area contributed by atoms with Gasteiger partial charge in [-0.3, -0.25) is 9.59 Å². The summed E-state index contributed by atoms with van der Waals surface area (Å²) in [5.74, 6) is -0.174. The van der Waals surface area contributed by atoms with Crippen LogP contribution in [-0.2, 0) is 9.59 Å². The molecule has 0 bridgehead atoms. The van der Waals surface area contributed by atoms with E-state index in [1.54, 1.807) is 11.3 Å². The molecule has 0 saturated carbocycles. The number of hydrogen-bond acceptors (Lipinski definition) is 4. The number of rotatable bonds is 7. The standard InChI is InChI=1S/C15H25N3O2S/c1-9(2)13(16)15(20)17-8-12(19)18-14(10(3)4)11-6-5-7-21-11/h5-7,9-10,13-14H,8,16H2,1-4H3,(H,17,20)(H,18,19)/t13-,14?/m0/s1. The second kappa shape index (κ2) is 8.14. The maximum absolute atomic E-state index is 12.0. The lowest BCUT2D eigenvalue weighted by Crippen LogP contribution is -2.47. The first-order valence-electron chi connectivity index (χ1n) is 7.19. The van der Waals surface area contributed by atoms with Gasteiger partial charge in [0.1, 0.15) is 0 Å². The van der Waals surface area contributed by atoms with Gasteiger partial charge in [0.15, 0.2) is 0 Å². The first kappa shape index (κ1) is 17.7. The van der Waals surface area contributed by atoms with Crippen molar-refractivity contribution >= 4 is 23.2 Å². The van der Waals surface area contributed by atoms with E-state index in [4.69, 9.17) is 5.73 Å². The molecule has 0 saturated heterocycles. The summed E-state index contributed by atoms with van der Waals surface area (Å²) in [5, 5.41) is 7.53. The Labute approximate surface area is 130 Å². The van der Waals surface area contributed by atoms with Gasteiger partial charge in [-0.2, -0.15) is 0 Å². The molecule has 2 atom stereocenters. The molecule has 0 aliphatic heterocycles. The van der Waals surface area contributed by atoms with Crippen molar-refractivity contribution in [2.75, 3.05) is 6.54 Å². The van der Waals surface area contributed by atoms with Crippen LogP contribution in [0.1, 0.15) is 38.6 Å². The summed E-state index contributed by atoms with van der Waals surface area (Å²) < 4.78 is 0. The second-order valence-electron chi connectivity index (χ2n) is 5.79. The molecule has 0 fully saturated rings. The lowest BCUT2D eigenvalue weighted by atomic mass is 10.0. The molecule has 1 rings (SSSR count). The van der Waals surface area contributed by atoms with E-state index >= 15 is 0 Å². The quantitative estimate of drug-likeness (QED) is 0.716. The molecule has 1 unspecified atom stereocenters. The van der Waals surface area contributed by atoms with E-state index in [1.807, 2.05) is 31.4 Å². The molecule has 21 heavy (non-hydrogen) atoms. The Balaban J connectivity index is 2.50. The van der Waals surface area contributed by atoms with Crippen LogP contribution in [0.25, 0.3) is 0 Å². The van der Waals surface area contributed by atoms with E-state index in [9.17, 15) is 9.59 Å². The molecule has 5 nitrogen and oxygen atoms in total. The predicted molar refractivity (Wildman–Crippen MR) is 85.9 cm³/mol. The summed E-state index contributed by atoms with van der Waals surface area (Å²) in [6, 6.07) is 3.34. The third-order valence-electron chi connectivity index (χ3n) is 3.28. The molecule has 0 aromatic carbocycles. The minimum absolute atomic E-state index is 0.0341. The van der Waals surface area contributed by atoms with Crippen molar-refractivity contribution in [2.45, 2.75) is 39.8 Å². The fraction of sp³-hybridized carbons (Fsp3) is 0.600. The second-order valence-corrected chi connectivity index (χ2v) is 6.77. The van der Waals surface area contributed by atoms with Crippen LogP contribution in [-0.4, -0.2) is 24.4 Å². The first-order chi connectivity index (χ1) is 9.82. The zero-order chi connectivity index (χ0) is 16.0. The SMILES string of the molecule is CC(C)C(NC(=O)CNC(=O)[C@@H](N)C(C)C)c1cccs1. The summed E-state index contributed by atoms with van der Waals surface area (Å²) in [6.07, 6.45) is 0. The minimum atomic E-state index is -0.587. The summed E-state index contributed by atoms with van der Waals surface area (Å²) >= 11 is 1.61. The third kappa shape index (κ3) is 5.47. The summed E-state index contributed by atoms with van der Waals surface area (Å²) in [7, 11) is 0. The van der Waals surface area contributed by atoms with Crippen LogP contribution in [0.3, 0.4) is 0 Å². The molecular formula is C15H25N3O2S. The predicted octanol–water partition coefficient (Wildman–Crippen LogP) is 1.66. The Bertz CT molecular complexity index is 457. The molecule has 6 heteroatoms. The molecule has 0 spiro atoms. The van der Waals surface area contributed by atoms with Gasteiger partial charge in [-0.05, 0) is 23.3 Å². The lowest BCUT2D eigenvalue weighted by molar-refractivity contribution is -0.127. The zero-order valence-electron chi connectivity index (χ0n) is 13.1. The van der Waals surface area contributed by atoms with E-state index in [1.165, 1.54) is 0 Å². The van der Waals surface area contributed by atoms with Crippen molar-refractivity contribution in [3.63, 3.8) is 0 Å². The van der Waals surface area contributed by atoms with Gasteiger partial charge in [-0.15, -0.1) is 11.3 Å². The van der Waals surface area contributed by atoms with Crippen LogP contribution >= 0.6 is 11.3 Å². The Morgan fingerprint density at radius 1 is 1.24 bits per heavy atom. The molecule has 0 radical (unpaired) electrons. The van der Waals surface area contributed by atoms with E-state index in [0.29, 0.717) is 0 Å². The number of nitrogens with one attached hydrogen (secondary N) is 2. The fourth-order valence-corrected chi connectivity index (χ4v) is 2.80. The van der Waals surface area contributed by atoms with Gasteiger partial charge in [0.05, 0.1) is 18.6 Å². The van der Waals surface area contributed by atoms with Gasteiger partial charge in [-0.25, -0.2) is 0 Å². The van der Waals surface area contributed by atoms with E-state index < -0.39 is 6.04 Å². The number of carbonyl (C=O) groups excluding carboxylic acids is 2. The Morgan fingerprint density at radius 2 is 1.90 bits per heavy atom. The molecular weight excluding hydrogens is 286 g/mol. The van der Waals surface area contributed by atoms with E-state index in [0.717, 1.165) is 4.88 Å². The van der Waals surface area contributed by atoms with Crippen LogP contribution in [0.15, 0.2) is 17.5 Å². The molecule has 0 aliphatic carbocycles. The van der Waals surface area contributed by atoms with Crippen LogP contribution < -0.4 is 16.4 Å².